The third kappa shape index (κ3) is 2.83. The van der Waals surface area contributed by atoms with Crippen molar-refractivity contribution in [3.63, 3.8) is 0 Å². The van der Waals surface area contributed by atoms with E-state index in [1.54, 1.807) is 11.1 Å². The molecule has 0 unspecified atom stereocenters. The van der Waals surface area contributed by atoms with Gasteiger partial charge in [-0.3, -0.25) is 14.5 Å². The Kier molecular flexibility index (Phi) is 3.89. The van der Waals surface area contributed by atoms with E-state index < -0.39 is 5.97 Å². The van der Waals surface area contributed by atoms with Gasteiger partial charge in [-0.2, -0.15) is 5.10 Å². The number of fused-ring (bicyclic) bond motifs is 2. The molecule has 1 saturated carbocycles. The number of carbonyl (C=O) groups is 2. The van der Waals surface area contributed by atoms with Gasteiger partial charge in [-0.1, -0.05) is 24.3 Å². The van der Waals surface area contributed by atoms with Gasteiger partial charge in [0.2, 0.25) is 0 Å². The first-order valence-electron chi connectivity index (χ1n) is 9.56. The number of benzene rings is 1. The van der Waals surface area contributed by atoms with E-state index in [0.29, 0.717) is 30.1 Å². The zero-order chi connectivity index (χ0) is 19.3. The third-order valence-corrected chi connectivity index (χ3v) is 5.63. The van der Waals surface area contributed by atoms with Gasteiger partial charge in [0.1, 0.15) is 5.69 Å². The molecule has 28 heavy (non-hydrogen) atoms. The molecule has 142 valence electrons. The van der Waals surface area contributed by atoms with E-state index in [1.807, 2.05) is 35.0 Å². The van der Waals surface area contributed by atoms with Crippen molar-refractivity contribution < 1.29 is 14.7 Å². The van der Waals surface area contributed by atoms with Crippen molar-refractivity contribution in [1.29, 1.82) is 0 Å². The molecule has 7 nitrogen and oxygen atoms in total. The highest BCUT2D eigenvalue weighted by Crippen LogP contribution is 2.33. The Morgan fingerprint density at radius 1 is 1.14 bits per heavy atom. The van der Waals surface area contributed by atoms with Crippen molar-refractivity contribution in [2.24, 2.45) is 5.92 Å². The predicted octanol–water partition coefficient (Wildman–Crippen LogP) is 2.74. The number of carbonyl (C=O) groups excluding carboxylic acids is 1. The number of hydrogen-bond donors (Lipinski definition) is 1. The summed E-state index contributed by atoms with van der Waals surface area (Å²) in [6, 6.07) is 9.54. The molecule has 7 heteroatoms. The first-order chi connectivity index (χ1) is 13.6. The summed E-state index contributed by atoms with van der Waals surface area (Å²) >= 11 is 0. The summed E-state index contributed by atoms with van der Waals surface area (Å²) in [6.07, 6.45) is 4.60. The topological polar surface area (TPSA) is 88.3 Å². The molecule has 3 heterocycles. The lowest BCUT2D eigenvalue weighted by Crippen LogP contribution is -2.37. The predicted molar refractivity (Wildman–Crippen MR) is 102 cm³/mol. The summed E-state index contributed by atoms with van der Waals surface area (Å²) < 4.78 is 1.86. The third-order valence-electron chi connectivity index (χ3n) is 5.63. The number of aromatic nitrogens is 3. The molecule has 5 rings (SSSR count). The molecule has 0 radical (unpaired) electrons. The van der Waals surface area contributed by atoms with Crippen molar-refractivity contribution in [2.45, 2.75) is 32.4 Å². The van der Waals surface area contributed by atoms with Crippen molar-refractivity contribution in [3.05, 3.63) is 59.2 Å². The van der Waals surface area contributed by atoms with Crippen molar-refractivity contribution >= 4 is 22.6 Å². The molecule has 0 saturated heterocycles. The lowest BCUT2D eigenvalue weighted by molar-refractivity contribution is 0.0673. The van der Waals surface area contributed by atoms with Crippen LogP contribution < -0.4 is 0 Å². The minimum Gasteiger partial charge on any atom is -0.476 e. The van der Waals surface area contributed by atoms with E-state index in [1.165, 1.54) is 12.8 Å². The zero-order valence-corrected chi connectivity index (χ0v) is 15.3. The van der Waals surface area contributed by atoms with Gasteiger partial charge in [0, 0.05) is 42.4 Å². The fraction of sp³-hybridized carbons (Fsp3) is 0.333. The molecule has 1 aliphatic heterocycles. The quantitative estimate of drug-likeness (QED) is 0.756. The molecule has 2 aliphatic rings. The number of carboxylic acids is 1. The maximum Gasteiger partial charge on any atom is 0.356 e. The average Bonchev–Trinajstić information content (AvgIpc) is 3.46. The van der Waals surface area contributed by atoms with Gasteiger partial charge in [0.05, 0.1) is 6.54 Å². The normalized spacial score (nSPS) is 16.2. The Hall–Kier alpha value is -3.22. The smallest absolute Gasteiger partial charge is 0.356 e. The van der Waals surface area contributed by atoms with Crippen LogP contribution in [0, 0.1) is 5.92 Å². The van der Waals surface area contributed by atoms with Gasteiger partial charge >= 0.3 is 5.97 Å². The van der Waals surface area contributed by atoms with E-state index >= 15 is 0 Å². The van der Waals surface area contributed by atoms with Gasteiger partial charge in [0.25, 0.3) is 5.91 Å². The minimum absolute atomic E-state index is 0.0685. The summed E-state index contributed by atoms with van der Waals surface area (Å²) in [7, 11) is 0. The number of amides is 1. The minimum atomic E-state index is -1.04. The lowest BCUT2D eigenvalue weighted by atomic mass is 10.0. The van der Waals surface area contributed by atoms with Crippen LogP contribution in [0.5, 0.6) is 0 Å². The molecule has 1 fully saturated rings. The highest BCUT2D eigenvalue weighted by atomic mass is 16.4. The fourth-order valence-corrected chi connectivity index (χ4v) is 3.97. The van der Waals surface area contributed by atoms with Crippen molar-refractivity contribution in [1.82, 2.24) is 19.7 Å². The standard InChI is InChI=1S/C21H20N4O3/c26-20(18-15-4-2-1-3-14(15)7-9-22-18)24-10-8-17-16(12-24)19(21(27)28)23-25(17)11-13-5-6-13/h1-4,7,9,13H,5-6,8,10-12H2,(H,27,28). The summed E-state index contributed by atoms with van der Waals surface area (Å²) in [5.41, 5.74) is 2.09. The maximum absolute atomic E-state index is 13.2. The van der Waals surface area contributed by atoms with Crippen LogP contribution in [0.1, 0.15) is 45.1 Å². The van der Waals surface area contributed by atoms with Crippen LogP contribution in [0.3, 0.4) is 0 Å². The summed E-state index contributed by atoms with van der Waals surface area (Å²) in [5.74, 6) is -0.609. The van der Waals surface area contributed by atoms with Crippen LogP contribution >= 0.6 is 0 Å². The highest BCUT2D eigenvalue weighted by Gasteiger charge is 2.33. The Labute approximate surface area is 161 Å². The largest absolute Gasteiger partial charge is 0.476 e. The van der Waals surface area contributed by atoms with Crippen molar-refractivity contribution in [2.75, 3.05) is 6.54 Å². The van der Waals surface area contributed by atoms with E-state index in [2.05, 4.69) is 10.1 Å². The van der Waals surface area contributed by atoms with Crippen LogP contribution in [0.15, 0.2) is 36.5 Å². The van der Waals surface area contributed by atoms with E-state index in [9.17, 15) is 14.7 Å². The van der Waals surface area contributed by atoms with Crippen LogP contribution in [-0.4, -0.2) is 43.2 Å². The lowest BCUT2D eigenvalue weighted by Gasteiger charge is -2.27. The second-order valence-electron chi connectivity index (χ2n) is 7.56. The van der Waals surface area contributed by atoms with Gasteiger partial charge in [-0.25, -0.2) is 4.79 Å². The van der Waals surface area contributed by atoms with Crippen LogP contribution in [-0.2, 0) is 19.5 Å². The van der Waals surface area contributed by atoms with Gasteiger partial charge < -0.3 is 10.0 Å². The number of carboxylic acid groups (broad SMARTS) is 1. The molecule has 0 spiro atoms. The molecule has 1 aromatic carbocycles. The van der Waals surface area contributed by atoms with Crippen LogP contribution in [0.25, 0.3) is 10.8 Å². The first-order valence-corrected chi connectivity index (χ1v) is 9.56. The second kappa shape index (κ2) is 6.44. The van der Waals surface area contributed by atoms with Gasteiger partial charge in [-0.05, 0) is 30.2 Å². The summed E-state index contributed by atoms with van der Waals surface area (Å²) in [6.45, 7) is 1.56. The summed E-state index contributed by atoms with van der Waals surface area (Å²) in [5, 5.41) is 15.7. The highest BCUT2D eigenvalue weighted by molar-refractivity contribution is 6.05. The molecular formula is C21H20N4O3. The number of hydrogen-bond acceptors (Lipinski definition) is 4. The Balaban J connectivity index is 1.49. The van der Waals surface area contributed by atoms with Gasteiger partial charge in [-0.15, -0.1) is 0 Å². The molecule has 1 amide bonds. The Bertz CT molecular complexity index is 1090. The number of aromatic carboxylic acids is 1. The van der Waals surface area contributed by atoms with E-state index in [4.69, 9.17) is 0 Å². The SMILES string of the molecule is O=C(O)c1nn(CC2CC2)c2c1CN(C(=O)c1nccc3ccccc13)CC2. The Morgan fingerprint density at radius 3 is 2.75 bits per heavy atom. The maximum atomic E-state index is 13.2. The molecule has 1 aliphatic carbocycles. The number of pyridine rings is 1. The second-order valence-corrected chi connectivity index (χ2v) is 7.56. The first kappa shape index (κ1) is 16.9. The van der Waals surface area contributed by atoms with E-state index in [-0.39, 0.29) is 18.1 Å². The number of nitrogens with zero attached hydrogens (tertiary/aromatic N) is 4. The monoisotopic (exact) mass is 376 g/mol. The van der Waals surface area contributed by atoms with Crippen molar-refractivity contribution in [3.8, 4) is 0 Å². The van der Waals surface area contributed by atoms with Gasteiger partial charge in [0.15, 0.2) is 5.69 Å². The fourth-order valence-electron chi connectivity index (χ4n) is 3.97. The molecule has 2 aromatic heterocycles. The molecule has 3 aromatic rings. The molecule has 0 atom stereocenters. The summed E-state index contributed by atoms with van der Waals surface area (Å²) in [4.78, 5) is 30.9. The molecule has 0 bridgehead atoms. The molecular weight excluding hydrogens is 356 g/mol. The molecule has 1 N–H and O–H groups in total. The van der Waals surface area contributed by atoms with Crippen LogP contribution in [0.4, 0.5) is 0 Å². The Morgan fingerprint density at radius 2 is 1.96 bits per heavy atom. The zero-order valence-electron chi connectivity index (χ0n) is 15.3. The number of rotatable bonds is 4. The van der Waals surface area contributed by atoms with Crippen LogP contribution in [0.2, 0.25) is 0 Å². The van der Waals surface area contributed by atoms with E-state index in [0.717, 1.165) is 23.0 Å². The average molecular weight is 376 g/mol.